The van der Waals surface area contributed by atoms with Gasteiger partial charge in [0.2, 0.25) is 0 Å². The molecule has 0 aromatic rings. The molecule has 58 valence electrons. The van der Waals surface area contributed by atoms with Gasteiger partial charge in [-0.2, -0.15) is 0 Å². The van der Waals surface area contributed by atoms with Crippen molar-refractivity contribution in [2.45, 2.75) is 25.3 Å². The average Bonchev–Trinajstić information content (AvgIpc) is 2.04. The first-order chi connectivity index (χ1) is 5.36. The number of fused-ring (bicyclic) bond motifs is 1. The molecule has 2 fully saturated rings. The van der Waals surface area contributed by atoms with Crippen molar-refractivity contribution < 1.29 is 1.37 Å². The molecule has 2 aliphatic rings. The van der Waals surface area contributed by atoms with E-state index in [2.05, 4.69) is 10.2 Å². The molecule has 0 aromatic heterocycles. The van der Waals surface area contributed by atoms with Crippen molar-refractivity contribution >= 4 is 0 Å². The molecule has 0 saturated carbocycles. The van der Waals surface area contributed by atoms with Crippen molar-refractivity contribution in [3.8, 4) is 0 Å². The zero-order chi connectivity index (χ0) is 7.68. The Labute approximate surface area is 64.0 Å². The molecule has 2 saturated heterocycles. The van der Waals surface area contributed by atoms with Gasteiger partial charge in [-0.1, -0.05) is 6.42 Å². The van der Waals surface area contributed by atoms with E-state index in [0.717, 1.165) is 38.6 Å². The molecule has 2 rings (SSSR count). The smallest absolute Gasteiger partial charge is 0.0280 e. The maximum Gasteiger partial charge on any atom is 0.0280 e. The molecule has 0 aliphatic carbocycles. The fourth-order valence-electron chi connectivity index (χ4n) is 1.90. The summed E-state index contributed by atoms with van der Waals surface area (Å²) in [4.78, 5) is 2.47. The highest BCUT2D eigenvalue weighted by Gasteiger charge is 2.23. The second-order valence-corrected chi connectivity index (χ2v) is 3.22. The van der Waals surface area contributed by atoms with Gasteiger partial charge in [0.25, 0.3) is 0 Å². The maximum atomic E-state index is 7.63. The van der Waals surface area contributed by atoms with Gasteiger partial charge in [0.05, 0.1) is 0 Å². The Bertz CT molecular complexity index is 140. The van der Waals surface area contributed by atoms with E-state index in [-0.39, 0.29) is 6.40 Å². The predicted molar refractivity (Wildman–Crippen MR) is 42.1 cm³/mol. The van der Waals surface area contributed by atoms with Crippen LogP contribution in [0.15, 0.2) is 0 Å². The third-order valence-electron chi connectivity index (χ3n) is 2.54. The average molecular weight is 142 g/mol. The number of piperazine rings is 1. The van der Waals surface area contributed by atoms with Gasteiger partial charge in [-0.25, -0.2) is 0 Å². The second-order valence-electron chi connectivity index (χ2n) is 3.22. The molecule has 2 nitrogen and oxygen atoms in total. The van der Waals surface area contributed by atoms with E-state index in [1.807, 2.05) is 0 Å². The van der Waals surface area contributed by atoms with E-state index >= 15 is 0 Å². The molecular weight excluding hydrogens is 124 g/mol. The minimum absolute atomic E-state index is 0.185. The zero-order valence-corrected chi connectivity index (χ0v) is 6.34. The number of piperidine rings is 1. The highest BCUT2D eigenvalue weighted by atomic mass is 15.2. The van der Waals surface area contributed by atoms with Gasteiger partial charge < -0.3 is 5.32 Å². The van der Waals surface area contributed by atoms with Gasteiger partial charge >= 0.3 is 0 Å². The van der Waals surface area contributed by atoms with Crippen molar-refractivity contribution in [1.82, 2.24) is 10.2 Å². The van der Waals surface area contributed by atoms with Gasteiger partial charge in [-0.15, -0.1) is 0 Å². The summed E-state index contributed by atoms with van der Waals surface area (Å²) in [6.45, 7) is 4.42. The summed E-state index contributed by atoms with van der Waals surface area (Å²) >= 11 is 0. The third-order valence-corrected chi connectivity index (χ3v) is 2.54. The van der Waals surface area contributed by atoms with Crippen LogP contribution < -0.4 is 5.32 Å². The molecular formula is C8H16N2. The number of nitrogens with zero attached hydrogens (tertiary/aromatic N) is 1. The lowest BCUT2D eigenvalue weighted by Crippen LogP contribution is -2.53. The van der Waals surface area contributed by atoms with Crippen LogP contribution in [0.3, 0.4) is 0 Å². The van der Waals surface area contributed by atoms with Crippen molar-refractivity contribution in [2.75, 3.05) is 26.2 Å². The Hall–Kier alpha value is -0.0800. The third kappa shape index (κ3) is 1.18. The van der Waals surface area contributed by atoms with Crippen LogP contribution in [-0.4, -0.2) is 37.1 Å². The lowest BCUT2D eigenvalue weighted by Gasteiger charge is -2.39. The standard InChI is InChI=1S/C8H16N2/c1-2-5-10-6-4-9-7-8(10)3-1/h8-9H,1-7H2/i2T. The predicted octanol–water partition coefficient (Wildman–Crippen LogP) is 0.444. The van der Waals surface area contributed by atoms with E-state index in [0.29, 0.717) is 0 Å². The van der Waals surface area contributed by atoms with E-state index in [4.69, 9.17) is 1.37 Å². The van der Waals surface area contributed by atoms with E-state index in [9.17, 15) is 0 Å². The Balaban J connectivity index is 1.93. The molecule has 2 heteroatoms. The van der Waals surface area contributed by atoms with Crippen LogP contribution >= 0.6 is 0 Å². The fraction of sp³-hybridized carbons (Fsp3) is 1.00. The number of nitrogens with one attached hydrogen (secondary N) is 1. The van der Waals surface area contributed by atoms with Crippen LogP contribution in [0.25, 0.3) is 0 Å². The van der Waals surface area contributed by atoms with Crippen LogP contribution in [0.1, 0.15) is 20.6 Å². The van der Waals surface area contributed by atoms with Crippen molar-refractivity contribution in [1.29, 1.82) is 0 Å². The van der Waals surface area contributed by atoms with Crippen LogP contribution in [0.5, 0.6) is 0 Å². The van der Waals surface area contributed by atoms with E-state index < -0.39 is 0 Å². The maximum absolute atomic E-state index is 7.63. The molecule has 0 spiro atoms. The SMILES string of the molecule is [3H]C1CCC2CNCCN2C1. The van der Waals surface area contributed by atoms with Gasteiger partial charge in [0.15, 0.2) is 0 Å². The van der Waals surface area contributed by atoms with E-state index in [1.54, 1.807) is 0 Å². The minimum atomic E-state index is 0.185. The summed E-state index contributed by atoms with van der Waals surface area (Å²) in [6.07, 6.45) is 2.51. The lowest BCUT2D eigenvalue weighted by atomic mass is 10.0. The summed E-state index contributed by atoms with van der Waals surface area (Å²) in [5.41, 5.74) is 0. The molecule has 2 atom stereocenters. The number of rotatable bonds is 0. The molecule has 0 aromatic carbocycles. The monoisotopic (exact) mass is 142 g/mol. The normalized spacial score (nSPS) is 44.2. The lowest BCUT2D eigenvalue weighted by molar-refractivity contribution is 0.121. The Kier molecular flexibility index (Phi) is 1.60. The fourth-order valence-corrected chi connectivity index (χ4v) is 1.90. The van der Waals surface area contributed by atoms with Gasteiger partial charge in [-0.3, -0.25) is 4.90 Å². The minimum Gasteiger partial charge on any atom is -0.314 e. The summed E-state index contributed by atoms with van der Waals surface area (Å²) < 4.78 is 7.63. The molecule has 2 unspecified atom stereocenters. The largest absolute Gasteiger partial charge is 0.314 e. The first kappa shape index (κ1) is 5.56. The van der Waals surface area contributed by atoms with Gasteiger partial charge in [0.1, 0.15) is 0 Å². The van der Waals surface area contributed by atoms with Crippen LogP contribution in [0, 0.1) is 0 Å². The van der Waals surface area contributed by atoms with Crippen molar-refractivity contribution in [2.24, 2.45) is 0 Å². The first-order valence-corrected chi connectivity index (χ1v) is 4.23. The van der Waals surface area contributed by atoms with Gasteiger partial charge in [-0.05, 0) is 19.4 Å². The van der Waals surface area contributed by atoms with Crippen molar-refractivity contribution in [3.05, 3.63) is 0 Å². The highest BCUT2D eigenvalue weighted by Crippen LogP contribution is 2.17. The molecule has 0 radical (unpaired) electrons. The molecule has 10 heavy (non-hydrogen) atoms. The summed E-state index contributed by atoms with van der Waals surface area (Å²) in [5, 5.41) is 3.40. The Morgan fingerprint density at radius 3 is 3.50 bits per heavy atom. The first-order valence-electron chi connectivity index (χ1n) is 4.81. The van der Waals surface area contributed by atoms with Crippen LogP contribution in [0.2, 0.25) is 0 Å². The highest BCUT2D eigenvalue weighted by molar-refractivity contribution is 4.82. The molecule has 0 amide bonds. The van der Waals surface area contributed by atoms with E-state index in [1.165, 1.54) is 6.42 Å². The number of hydrogen-bond donors (Lipinski definition) is 1. The Morgan fingerprint density at radius 2 is 2.50 bits per heavy atom. The summed E-state index contributed by atoms with van der Waals surface area (Å²) in [6, 6.07) is 0.741. The van der Waals surface area contributed by atoms with Crippen LogP contribution in [0.4, 0.5) is 0 Å². The topological polar surface area (TPSA) is 15.3 Å². The second kappa shape index (κ2) is 2.89. The molecule has 2 aliphatic heterocycles. The zero-order valence-electron chi connectivity index (χ0n) is 7.34. The van der Waals surface area contributed by atoms with Gasteiger partial charge in [0, 0.05) is 27.0 Å². The molecule has 2 heterocycles. The molecule has 1 N–H and O–H groups in total. The quantitative estimate of drug-likeness (QED) is 0.528. The van der Waals surface area contributed by atoms with Crippen molar-refractivity contribution in [3.63, 3.8) is 0 Å². The van der Waals surface area contributed by atoms with Crippen LogP contribution in [-0.2, 0) is 0 Å². The summed E-state index contributed by atoms with van der Waals surface area (Å²) in [5.74, 6) is 0. The molecule has 0 bridgehead atoms. The Morgan fingerprint density at radius 1 is 1.50 bits per heavy atom. The summed E-state index contributed by atoms with van der Waals surface area (Å²) in [7, 11) is 0. The number of hydrogen-bond acceptors (Lipinski definition) is 2.